The largest absolute Gasteiger partial charge is 0.326 e. The molecule has 0 bridgehead atoms. The summed E-state index contributed by atoms with van der Waals surface area (Å²) < 4.78 is 37.7. The molecule has 0 aromatic heterocycles. The van der Waals surface area contributed by atoms with Gasteiger partial charge in [0.15, 0.2) is 0 Å². The number of nitrogens with zero attached hydrogens (tertiary/aromatic N) is 2. The molecular weight excluding hydrogens is 357 g/mol. The summed E-state index contributed by atoms with van der Waals surface area (Å²) in [5, 5.41) is 2.63. The van der Waals surface area contributed by atoms with Crippen molar-refractivity contribution in [2.45, 2.75) is 12.8 Å². The van der Waals surface area contributed by atoms with E-state index in [1.54, 1.807) is 0 Å². The Morgan fingerprint density at radius 1 is 1.29 bits per heavy atom. The highest BCUT2D eigenvalue weighted by molar-refractivity contribution is 7.88. The average molecular weight is 378 g/mol. The Balaban J connectivity index is 1.80. The summed E-state index contributed by atoms with van der Waals surface area (Å²) in [5.74, 6) is -0.725. The van der Waals surface area contributed by atoms with Gasteiger partial charge < -0.3 is 10.2 Å². The van der Waals surface area contributed by atoms with Gasteiger partial charge in [0.05, 0.1) is 11.3 Å². The van der Waals surface area contributed by atoms with E-state index in [9.17, 15) is 17.6 Å². The van der Waals surface area contributed by atoms with E-state index in [-0.39, 0.29) is 17.4 Å². The Morgan fingerprint density at radius 2 is 2.04 bits per heavy atom. The highest BCUT2D eigenvalue weighted by atomic mass is 35.5. The maximum absolute atomic E-state index is 13.1. The number of nitrogens with one attached hydrogen (secondary N) is 1. The van der Waals surface area contributed by atoms with Crippen LogP contribution in [-0.4, -0.2) is 62.5 Å². The van der Waals surface area contributed by atoms with Crippen LogP contribution in [0, 0.1) is 5.82 Å². The molecule has 1 aliphatic heterocycles. The molecule has 1 N–H and O–H groups in total. The number of carbonyl (C=O) groups excluding carboxylic acids is 1. The quantitative estimate of drug-likeness (QED) is 0.849. The van der Waals surface area contributed by atoms with Crippen molar-refractivity contribution in [1.29, 1.82) is 0 Å². The second-order valence-electron chi connectivity index (χ2n) is 5.78. The van der Waals surface area contributed by atoms with Crippen LogP contribution in [0.25, 0.3) is 0 Å². The predicted molar refractivity (Wildman–Crippen MR) is 92.1 cm³/mol. The van der Waals surface area contributed by atoms with Crippen LogP contribution in [0.2, 0.25) is 5.02 Å². The molecule has 2 rings (SSSR count). The molecule has 0 aliphatic carbocycles. The molecule has 1 aromatic carbocycles. The molecule has 9 heteroatoms. The summed E-state index contributed by atoms with van der Waals surface area (Å²) in [4.78, 5) is 14.1. The summed E-state index contributed by atoms with van der Waals surface area (Å²) in [6.07, 6.45) is 2.22. The minimum atomic E-state index is -3.17. The van der Waals surface area contributed by atoms with Crippen LogP contribution in [-0.2, 0) is 14.8 Å². The molecule has 1 saturated heterocycles. The number of halogens is 2. The summed E-state index contributed by atoms with van der Waals surface area (Å²) in [5.41, 5.74) is 0.450. The maximum atomic E-state index is 13.1. The van der Waals surface area contributed by atoms with Crippen LogP contribution in [0.5, 0.6) is 0 Å². The second-order valence-corrected chi connectivity index (χ2v) is 8.17. The molecule has 0 spiro atoms. The van der Waals surface area contributed by atoms with Gasteiger partial charge in [-0.2, -0.15) is 0 Å². The van der Waals surface area contributed by atoms with E-state index < -0.39 is 15.8 Å². The van der Waals surface area contributed by atoms with Gasteiger partial charge in [-0.25, -0.2) is 17.1 Å². The van der Waals surface area contributed by atoms with Gasteiger partial charge in [0.25, 0.3) is 0 Å². The van der Waals surface area contributed by atoms with Gasteiger partial charge in [0, 0.05) is 38.3 Å². The molecule has 134 valence electrons. The SMILES string of the molecule is CS(=O)(=O)N1CCCN(CCC(=O)Nc2ccc(F)c(Cl)c2)CC1. The molecule has 0 saturated carbocycles. The number of rotatable bonds is 5. The molecule has 1 fully saturated rings. The monoisotopic (exact) mass is 377 g/mol. The molecule has 0 unspecified atom stereocenters. The Morgan fingerprint density at radius 3 is 2.71 bits per heavy atom. The molecule has 1 heterocycles. The van der Waals surface area contributed by atoms with E-state index in [4.69, 9.17) is 11.6 Å². The first kappa shape index (κ1) is 19.1. The van der Waals surface area contributed by atoms with Gasteiger partial charge in [0.2, 0.25) is 15.9 Å². The predicted octanol–water partition coefficient (Wildman–Crippen LogP) is 1.78. The van der Waals surface area contributed by atoms with Crippen molar-refractivity contribution in [2.75, 3.05) is 44.3 Å². The van der Waals surface area contributed by atoms with Crippen molar-refractivity contribution in [3.63, 3.8) is 0 Å². The van der Waals surface area contributed by atoms with Gasteiger partial charge >= 0.3 is 0 Å². The van der Waals surface area contributed by atoms with E-state index >= 15 is 0 Å². The van der Waals surface area contributed by atoms with Crippen molar-refractivity contribution in [2.24, 2.45) is 0 Å². The third kappa shape index (κ3) is 5.70. The second kappa shape index (κ2) is 8.24. The first-order valence-corrected chi connectivity index (χ1v) is 9.91. The maximum Gasteiger partial charge on any atom is 0.225 e. The molecular formula is C15H21ClFN3O3S. The van der Waals surface area contributed by atoms with Crippen molar-refractivity contribution >= 4 is 33.2 Å². The molecule has 0 radical (unpaired) electrons. The number of sulfonamides is 1. The normalized spacial score (nSPS) is 17.5. The first-order chi connectivity index (χ1) is 11.3. The van der Waals surface area contributed by atoms with Crippen LogP contribution in [0.4, 0.5) is 10.1 Å². The van der Waals surface area contributed by atoms with E-state index in [2.05, 4.69) is 10.2 Å². The highest BCUT2D eigenvalue weighted by Crippen LogP contribution is 2.19. The third-order valence-electron chi connectivity index (χ3n) is 3.87. The average Bonchev–Trinajstić information content (AvgIpc) is 2.74. The fourth-order valence-corrected chi connectivity index (χ4v) is 3.61. The van der Waals surface area contributed by atoms with Gasteiger partial charge in [-0.15, -0.1) is 0 Å². The van der Waals surface area contributed by atoms with E-state index in [1.165, 1.54) is 28.8 Å². The lowest BCUT2D eigenvalue weighted by molar-refractivity contribution is -0.116. The Kier molecular flexibility index (Phi) is 6.56. The number of anilines is 1. The summed E-state index contributed by atoms with van der Waals surface area (Å²) in [7, 11) is -3.17. The zero-order valence-electron chi connectivity index (χ0n) is 13.5. The van der Waals surface area contributed by atoms with Crippen LogP contribution >= 0.6 is 11.6 Å². The van der Waals surface area contributed by atoms with Gasteiger partial charge in [-0.3, -0.25) is 4.79 Å². The van der Waals surface area contributed by atoms with Crippen molar-refractivity contribution in [1.82, 2.24) is 9.21 Å². The van der Waals surface area contributed by atoms with Gasteiger partial charge in [-0.1, -0.05) is 11.6 Å². The van der Waals surface area contributed by atoms with E-state index in [1.807, 2.05) is 0 Å². The fraction of sp³-hybridized carbons (Fsp3) is 0.533. The summed E-state index contributed by atoms with van der Waals surface area (Å²) in [6, 6.07) is 4.02. The first-order valence-electron chi connectivity index (χ1n) is 7.68. The topological polar surface area (TPSA) is 69.7 Å². The van der Waals surface area contributed by atoms with Gasteiger partial charge in [0.1, 0.15) is 5.82 Å². The van der Waals surface area contributed by atoms with Crippen LogP contribution < -0.4 is 5.32 Å². The zero-order chi connectivity index (χ0) is 17.7. The lowest BCUT2D eigenvalue weighted by Gasteiger charge is -2.20. The number of amides is 1. The lowest BCUT2D eigenvalue weighted by Crippen LogP contribution is -2.35. The Hall–Kier alpha value is -1.22. The third-order valence-corrected chi connectivity index (χ3v) is 5.47. The molecule has 0 atom stereocenters. The summed E-state index contributed by atoms with van der Waals surface area (Å²) in [6.45, 7) is 2.84. The van der Waals surface area contributed by atoms with Crippen molar-refractivity contribution < 1.29 is 17.6 Å². The van der Waals surface area contributed by atoms with Crippen LogP contribution in [0.3, 0.4) is 0 Å². The smallest absolute Gasteiger partial charge is 0.225 e. The number of carbonyl (C=O) groups is 1. The van der Waals surface area contributed by atoms with Gasteiger partial charge in [-0.05, 0) is 31.2 Å². The molecule has 6 nitrogen and oxygen atoms in total. The summed E-state index contributed by atoms with van der Waals surface area (Å²) >= 11 is 5.68. The van der Waals surface area contributed by atoms with E-state index in [0.717, 1.165) is 13.0 Å². The van der Waals surface area contributed by atoms with Crippen LogP contribution in [0.15, 0.2) is 18.2 Å². The number of hydrogen-bond donors (Lipinski definition) is 1. The molecule has 24 heavy (non-hydrogen) atoms. The number of benzene rings is 1. The molecule has 1 aromatic rings. The fourth-order valence-electron chi connectivity index (χ4n) is 2.56. The standard InChI is InChI=1S/C15H21ClFN3O3S/c1-24(22,23)20-7-2-6-19(9-10-20)8-5-15(21)18-12-3-4-14(17)13(16)11-12/h3-4,11H,2,5-10H2,1H3,(H,18,21). The lowest BCUT2D eigenvalue weighted by atomic mass is 10.3. The minimum absolute atomic E-state index is 0.0406. The van der Waals surface area contributed by atoms with Crippen molar-refractivity contribution in [3.05, 3.63) is 29.0 Å². The molecule has 1 amide bonds. The van der Waals surface area contributed by atoms with Crippen molar-refractivity contribution in [3.8, 4) is 0 Å². The number of hydrogen-bond acceptors (Lipinski definition) is 4. The van der Waals surface area contributed by atoms with Crippen LogP contribution in [0.1, 0.15) is 12.8 Å². The molecule has 1 aliphatic rings. The zero-order valence-corrected chi connectivity index (χ0v) is 15.0. The Labute approximate surface area is 146 Å². The minimum Gasteiger partial charge on any atom is -0.326 e. The Bertz CT molecular complexity index is 699. The highest BCUT2D eigenvalue weighted by Gasteiger charge is 2.21. The van der Waals surface area contributed by atoms with E-state index in [0.29, 0.717) is 31.9 Å².